The Hall–Kier alpha value is -1.89. The molecule has 0 spiro atoms. The Morgan fingerprint density at radius 1 is 1.17 bits per heavy atom. The van der Waals surface area contributed by atoms with E-state index < -0.39 is 10.0 Å². The summed E-state index contributed by atoms with van der Waals surface area (Å²) in [4.78, 5) is 12.6. The van der Waals surface area contributed by atoms with Crippen molar-refractivity contribution in [3.8, 4) is 0 Å². The Kier molecular flexibility index (Phi) is 6.98. The van der Waals surface area contributed by atoms with Crippen molar-refractivity contribution in [2.24, 2.45) is 5.92 Å². The molecule has 0 aromatic heterocycles. The minimum Gasteiger partial charge on any atom is -0.349 e. The second-order valence-electron chi connectivity index (χ2n) is 7.70. The first-order valence-corrected chi connectivity index (χ1v) is 11.8. The van der Waals surface area contributed by atoms with Crippen LogP contribution in [0.3, 0.4) is 0 Å². The predicted molar refractivity (Wildman–Crippen MR) is 116 cm³/mol. The van der Waals surface area contributed by atoms with E-state index in [0.29, 0.717) is 36.5 Å². The summed E-state index contributed by atoms with van der Waals surface area (Å²) >= 11 is 5.95. The number of sulfonamides is 1. The van der Waals surface area contributed by atoms with E-state index in [1.807, 2.05) is 38.1 Å². The fourth-order valence-corrected chi connectivity index (χ4v) is 5.36. The van der Waals surface area contributed by atoms with Gasteiger partial charge >= 0.3 is 0 Å². The van der Waals surface area contributed by atoms with Crippen molar-refractivity contribution in [1.82, 2.24) is 9.62 Å². The summed E-state index contributed by atoms with van der Waals surface area (Å²) in [6.45, 7) is 4.72. The highest BCUT2D eigenvalue weighted by molar-refractivity contribution is 7.88. The molecule has 0 radical (unpaired) electrons. The number of nitrogens with zero attached hydrogens (tertiary/aromatic N) is 1. The molecule has 156 valence electrons. The lowest BCUT2D eigenvalue weighted by Gasteiger charge is -2.31. The van der Waals surface area contributed by atoms with Crippen molar-refractivity contribution in [2.75, 3.05) is 13.1 Å². The molecule has 0 bridgehead atoms. The van der Waals surface area contributed by atoms with Crippen molar-refractivity contribution in [1.29, 1.82) is 0 Å². The lowest BCUT2D eigenvalue weighted by atomic mass is 9.96. The quantitative estimate of drug-likeness (QED) is 0.745. The lowest BCUT2D eigenvalue weighted by Crippen LogP contribution is -2.43. The maximum atomic E-state index is 12.7. The molecule has 1 N–H and O–H groups in total. The largest absolute Gasteiger partial charge is 0.349 e. The highest BCUT2D eigenvalue weighted by atomic mass is 35.5. The van der Waals surface area contributed by atoms with Crippen LogP contribution in [-0.2, 0) is 20.6 Å². The Morgan fingerprint density at radius 2 is 1.83 bits per heavy atom. The van der Waals surface area contributed by atoms with Gasteiger partial charge in [-0.2, -0.15) is 0 Å². The molecule has 0 aliphatic carbocycles. The number of hydrogen-bond donors (Lipinski definition) is 1. The molecular weight excluding hydrogens is 408 g/mol. The number of aryl methyl sites for hydroxylation is 1. The molecular formula is C22H27ClN2O3S. The maximum Gasteiger partial charge on any atom is 0.223 e. The van der Waals surface area contributed by atoms with E-state index in [1.54, 1.807) is 24.3 Å². The third kappa shape index (κ3) is 5.81. The first-order chi connectivity index (χ1) is 13.7. The highest BCUT2D eigenvalue weighted by Gasteiger charge is 2.31. The van der Waals surface area contributed by atoms with Crippen LogP contribution in [0, 0.1) is 12.8 Å². The molecule has 2 aromatic carbocycles. The third-order valence-corrected chi connectivity index (χ3v) is 7.48. The molecule has 1 aliphatic heterocycles. The summed E-state index contributed by atoms with van der Waals surface area (Å²) in [5.74, 6) is -0.250. The standard InChI is InChI=1S/C22H27ClN2O3S/c1-16-6-8-19(9-7-16)17(2)24-22(26)20-10-12-25(13-11-20)29(27,28)15-18-4-3-5-21(23)14-18/h3-9,14,17,20H,10-13,15H2,1-2H3,(H,24,26)/t17-/m1/s1. The van der Waals surface area contributed by atoms with E-state index in [1.165, 1.54) is 9.87 Å². The van der Waals surface area contributed by atoms with Gasteiger partial charge in [0.2, 0.25) is 15.9 Å². The summed E-state index contributed by atoms with van der Waals surface area (Å²) in [5, 5.41) is 3.59. The number of amides is 1. The van der Waals surface area contributed by atoms with Gasteiger partial charge in [-0.1, -0.05) is 53.6 Å². The number of hydrogen-bond acceptors (Lipinski definition) is 3. The van der Waals surface area contributed by atoms with Gasteiger partial charge in [0, 0.05) is 24.0 Å². The third-order valence-electron chi connectivity index (χ3n) is 5.39. The highest BCUT2D eigenvalue weighted by Crippen LogP contribution is 2.24. The van der Waals surface area contributed by atoms with Gasteiger partial charge in [-0.15, -0.1) is 0 Å². The van der Waals surface area contributed by atoms with E-state index >= 15 is 0 Å². The minimum absolute atomic E-state index is 0.00929. The van der Waals surface area contributed by atoms with Gasteiger partial charge in [0.15, 0.2) is 0 Å². The van der Waals surface area contributed by atoms with E-state index in [-0.39, 0.29) is 23.6 Å². The Labute approximate surface area is 178 Å². The van der Waals surface area contributed by atoms with Crippen LogP contribution in [0.5, 0.6) is 0 Å². The van der Waals surface area contributed by atoms with Crippen LogP contribution in [0.1, 0.15) is 42.5 Å². The molecule has 0 saturated carbocycles. The van der Waals surface area contributed by atoms with Crippen LogP contribution in [0.2, 0.25) is 5.02 Å². The number of halogens is 1. The maximum absolute atomic E-state index is 12.7. The number of rotatable bonds is 6. The number of benzene rings is 2. The molecule has 7 heteroatoms. The van der Waals surface area contributed by atoms with Gasteiger partial charge in [-0.25, -0.2) is 12.7 Å². The molecule has 5 nitrogen and oxygen atoms in total. The van der Waals surface area contributed by atoms with Gasteiger partial charge in [0.1, 0.15) is 0 Å². The van der Waals surface area contributed by atoms with Gasteiger partial charge < -0.3 is 5.32 Å². The van der Waals surface area contributed by atoms with Crippen molar-refractivity contribution in [3.63, 3.8) is 0 Å². The summed E-state index contributed by atoms with van der Waals surface area (Å²) in [6, 6.07) is 14.9. The normalized spacial score (nSPS) is 17.1. The van der Waals surface area contributed by atoms with Crippen LogP contribution < -0.4 is 5.32 Å². The van der Waals surface area contributed by atoms with Crippen LogP contribution in [0.25, 0.3) is 0 Å². The molecule has 0 unspecified atom stereocenters. The van der Waals surface area contributed by atoms with Crippen LogP contribution in [-0.4, -0.2) is 31.7 Å². The number of carbonyl (C=O) groups excluding carboxylic acids is 1. The zero-order valence-electron chi connectivity index (χ0n) is 16.8. The molecule has 1 heterocycles. The smallest absolute Gasteiger partial charge is 0.223 e. The molecule has 1 amide bonds. The molecule has 1 aliphatic rings. The Bertz CT molecular complexity index is 952. The second kappa shape index (κ2) is 9.28. The molecule has 3 rings (SSSR count). The van der Waals surface area contributed by atoms with Gasteiger partial charge in [0.05, 0.1) is 11.8 Å². The van der Waals surface area contributed by atoms with Gasteiger partial charge in [-0.05, 0) is 49.9 Å². The number of piperidine rings is 1. The fraction of sp³-hybridized carbons (Fsp3) is 0.409. The lowest BCUT2D eigenvalue weighted by molar-refractivity contribution is -0.126. The van der Waals surface area contributed by atoms with E-state index in [2.05, 4.69) is 5.32 Å². The zero-order valence-corrected chi connectivity index (χ0v) is 18.3. The zero-order chi connectivity index (χ0) is 21.0. The predicted octanol–water partition coefficient (Wildman–Crippen LogP) is 4.07. The van der Waals surface area contributed by atoms with E-state index in [0.717, 1.165) is 5.56 Å². The van der Waals surface area contributed by atoms with Gasteiger partial charge in [0.25, 0.3) is 0 Å². The van der Waals surface area contributed by atoms with E-state index in [9.17, 15) is 13.2 Å². The average molecular weight is 435 g/mol. The second-order valence-corrected chi connectivity index (χ2v) is 10.1. The summed E-state index contributed by atoms with van der Waals surface area (Å²) in [7, 11) is -3.43. The topological polar surface area (TPSA) is 66.5 Å². The van der Waals surface area contributed by atoms with Crippen LogP contribution in [0.15, 0.2) is 48.5 Å². The Morgan fingerprint density at radius 3 is 2.45 bits per heavy atom. The van der Waals surface area contributed by atoms with Crippen LogP contribution in [0.4, 0.5) is 0 Å². The fourth-order valence-electron chi connectivity index (χ4n) is 3.59. The monoisotopic (exact) mass is 434 g/mol. The molecule has 2 aromatic rings. The van der Waals surface area contributed by atoms with Crippen molar-refractivity contribution < 1.29 is 13.2 Å². The summed E-state index contributed by atoms with van der Waals surface area (Å²) in [6.07, 6.45) is 1.06. The molecule has 1 atom stereocenters. The molecule has 29 heavy (non-hydrogen) atoms. The minimum atomic E-state index is -3.43. The van der Waals surface area contributed by atoms with Gasteiger partial charge in [-0.3, -0.25) is 4.79 Å². The molecule has 1 saturated heterocycles. The summed E-state index contributed by atoms with van der Waals surface area (Å²) < 4.78 is 26.9. The van der Waals surface area contributed by atoms with Crippen LogP contribution >= 0.6 is 11.6 Å². The first kappa shape index (κ1) is 21.8. The van der Waals surface area contributed by atoms with Crippen molar-refractivity contribution in [3.05, 3.63) is 70.2 Å². The SMILES string of the molecule is Cc1ccc([C@@H](C)NC(=O)C2CCN(S(=O)(=O)Cc3cccc(Cl)c3)CC2)cc1. The Balaban J connectivity index is 1.54. The number of carbonyl (C=O) groups is 1. The average Bonchev–Trinajstić information content (AvgIpc) is 2.68. The first-order valence-electron chi connectivity index (χ1n) is 9.84. The summed E-state index contributed by atoms with van der Waals surface area (Å²) in [5.41, 5.74) is 2.91. The van der Waals surface area contributed by atoms with Crippen molar-refractivity contribution in [2.45, 2.75) is 38.5 Å². The molecule has 1 fully saturated rings. The number of nitrogens with one attached hydrogen (secondary N) is 1. The van der Waals surface area contributed by atoms with Crippen molar-refractivity contribution >= 4 is 27.5 Å². The van der Waals surface area contributed by atoms with E-state index in [4.69, 9.17) is 11.6 Å².